The lowest BCUT2D eigenvalue weighted by Gasteiger charge is -2.06. The Morgan fingerprint density at radius 1 is 0.895 bits per heavy atom. The van der Waals surface area contributed by atoms with Gasteiger partial charge in [0.15, 0.2) is 4.67 Å². The lowest BCUT2D eigenvalue weighted by atomic mass is 10.1. The number of rotatable bonds is 1. The van der Waals surface area contributed by atoms with E-state index < -0.39 is 0 Å². The second kappa shape index (κ2) is 4.94. The first kappa shape index (κ1) is 12.6. The molecule has 0 aliphatic heterocycles. The largest absolute Gasteiger partial charge is 0.448 e. The standard InChI is InChI=1S/C15H8Br2O2/c16-10-7-4-8-11-13(10)14(18)12(15(17)19-11)9-5-2-1-3-6-9/h1-8H. The zero-order valence-corrected chi connectivity index (χ0v) is 12.9. The van der Waals surface area contributed by atoms with Crippen LogP contribution in [0.1, 0.15) is 0 Å². The van der Waals surface area contributed by atoms with Gasteiger partial charge in [-0.1, -0.05) is 36.4 Å². The lowest BCUT2D eigenvalue weighted by Crippen LogP contribution is -2.06. The third kappa shape index (κ3) is 2.15. The molecule has 4 heteroatoms. The van der Waals surface area contributed by atoms with Crippen LogP contribution < -0.4 is 5.43 Å². The third-order valence-electron chi connectivity index (χ3n) is 2.89. The number of halogens is 2. The summed E-state index contributed by atoms with van der Waals surface area (Å²) in [6, 6.07) is 14.9. The Balaban J connectivity index is 2.45. The minimum absolute atomic E-state index is 0.0493. The monoisotopic (exact) mass is 378 g/mol. The fourth-order valence-electron chi connectivity index (χ4n) is 2.02. The molecule has 2 aromatic carbocycles. The van der Waals surface area contributed by atoms with E-state index in [1.807, 2.05) is 42.5 Å². The Kier molecular flexibility index (Phi) is 3.29. The second-order valence-electron chi connectivity index (χ2n) is 4.06. The summed E-state index contributed by atoms with van der Waals surface area (Å²) in [6.07, 6.45) is 0. The molecule has 1 aromatic heterocycles. The van der Waals surface area contributed by atoms with Crippen LogP contribution in [0.5, 0.6) is 0 Å². The van der Waals surface area contributed by atoms with Crippen LogP contribution in [0.15, 0.2) is 66.9 Å². The van der Waals surface area contributed by atoms with Crippen molar-refractivity contribution in [1.29, 1.82) is 0 Å². The second-order valence-corrected chi connectivity index (χ2v) is 5.63. The lowest BCUT2D eigenvalue weighted by molar-refractivity contribution is 0.575. The summed E-state index contributed by atoms with van der Waals surface area (Å²) in [5.41, 5.74) is 1.89. The van der Waals surface area contributed by atoms with Crippen molar-refractivity contribution in [3.63, 3.8) is 0 Å². The molecule has 0 atom stereocenters. The van der Waals surface area contributed by atoms with Crippen LogP contribution in [-0.2, 0) is 0 Å². The molecule has 3 aromatic rings. The van der Waals surface area contributed by atoms with Gasteiger partial charge in [0, 0.05) is 4.47 Å². The molecule has 0 radical (unpaired) electrons. The van der Waals surface area contributed by atoms with E-state index in [2.05, 4.69) is 31.9 Å². The Bertz CT molecular complexity index is 807. The highest BCUT2D eigenvalue weighted by Crippen LogP contribution is 2.30. The predicted molar refractivity (Wildman–Crippen MR) is 83.3 cm³/mol. The Morgan fingerprint density at radius 3 is 2.37 bits per heavy atom. The number of benzene rings is 2. The fraction of sp³-hybridized carbons (Fsp3) is 0. The fourth-order valence-corrected chi connectivity index (χ4v) is 3.13. The molecule has 1 heterocycles. The van der Waals surface area contributed by atoms with E-state index >= 15 is 0 Å². The third-order valence-corrected chi connectivity index (χ3v) is 4.11. The van der Waals surface area contributed by atoms with Gasteiger partial charge in [-0.3, -0.25) is 4.79 Å². The number of hydrogen-bond acceptors (Lipinski definition) is 2. The van der Waals surface area contributed by atoms with Crippen LogP contribution in [0.4, 0.5) is 0 Å². The number of hydrogen-bond donors (Lipinski definition) is 0. The molecule has 19 heavy (non-hydrogen) atoms. The van der Waals surface area contributed by atoms with E-state index in [1.54, 1.807) is 6.07 Å². The van der Waals surface area contributed by atoms with Gasteiger partial charge in [0.05, 0.1) is 10.9 Å². The quantitative estimate of drug-likeness (QED) is 0.596. The molecule has 0 aliphatic carbocycles. The maximum Gasteiger partial charge on any atom is 0.202 e. The van der Waals surface area contributed by atoms with Crippen molar-refractivity contribution in [3.8, 4) is 11.1 Å². The summed E-state index contributed by atoms with van der Waals surface area (Å²) in [6.45, 7) is 0. The van der Waals surface area contributed by atoms with Gasteiger partial charge in [-0.15, -0.1) is 0 Å². The normalized spacial score (nSPS) is 10.8. The Morgan fingerprint density at radius 2 is 1.63 bits per heavy atom. The summed E-state index contributed by atoms with van der Waals surface area (Å²) in [4.78, 5) is 12.7. The first-order valence-electron chi connectivity index (χ1n) is 5.65. The molecule has 3 rings (SSSR count). The molecule has 0 spiro atoms. The minimum Gasteiger partial charge on any atom is -0.448 e. The molecule has 0 saturated heterocycles. The molecule has 0 N–H and O–H groups in total. The highest BCUT2D eigenvalue weighted by molar-refractivity contribution is 9.11. The van der Waals surface area contributed by atoms with Gasteiger partial charge >= 0.3 is 0 Å². The van der Waals surface area contributed by atoms with E-state index in [1.165, 1.54) is 0 Å². The first-order valence-corrected chi connectivity index (χ1v) is 7.23. The molecular formula is C15H8Br2O2. The maximum atomic E-state index is 12.7. The topological polar surface area (TPSA) is 30.2 Å². The van der Waals surface area contributed by atoms with Crippen molar-refractivity contribution in [2.45, 2.75) is 0 Å². The molecule has 0 bridgehead atoms. The molecule has 0 saturated carbocycles. The Labute approximate surface area is 126 Å². The molecule has 2 nitrogen and oxygen atoms in total. The average molecular weight is 380 g/mol. The molecule has 94 valence electrons. The summed E-state index contributed by atoms with van der Waals surface area (Å²) >= 11 is 6.75. The molecular weight excluding hydrogens is 372 g/mol. The van der Waals surface area contributed by atoms with Crippen LogP contribution in [0, 0.1) is 0 Å². The van der Waals surface area contributed by atoms with Crippen LogP contribution in [-0.4, -0.2) is 0 Å². The van der Waals surface area contributed by atoms with Gasteiger partial charge in [0.1, 0.15) is 5.58 Å². The maximum absolute atomic E-state index is 12.7. The smallest absolute Gasteiger partial charge is 0.202 e. The van der Waals surface area contributed by atoms with Gasteiger partial charge in [0.2, 0.25) is 5.43 Å². The van der Waals surface area contributed by atoms with Crippen molar-refractivity contribution in [2.24, 2.45) is 0 Å². The summed E-state index contributed by atoms with van der Waals surface area (Å²) in [7, 11) is 0. The van der Waals surface area contributed by atoms with E-state index in [4.69, 9.17) is 4.42 Å². The first-order chi connectivity index (χ1) is 9.18. The van der Waals surface area contributed by atoms with Crippen molar-refractivity contribution in [1.82, 2.24) is 0 Å². The molecule has 0 fully saturated rings. The van der Waals surface area contributed by atoms with Gasteiger partial charge in [-0.25, -0.2) is 0 Å². The highest BCUT2D eigenvalue weighted by Gasteiger charge is 2.15. The zero-order chi connectivity index (χ0) is 13.4. The molecule has 0 aliphatic rings. The van der Waals surface area contributed by atoms with E-state index in [0.717, 1.165) is 10.0 Å². The van der Waals surface area contributed by atoms with Crippen molar-refractivity contribution >= 4 is 42.8 Å². The minimum atomic E-state index is -0.0493. The van der Waals surface area contributed by atoms with E-state index in [9.17, 15) is 4.79 Å². The van der Waals surface area contributed by atoms with Crippen LogP contribution in [0.3, 0.4) is 0 Å². The predicted octanol–water partition coefficient (Wildman–Crippen LogP) is 4.99. The van der Waals surface area contributed by atoms with Crippen molar-refractivity contribution in [2.75, 3.05) is 0 Å². The number of fused-ring (bicyclic) bond motifs is 1. The van der Waals surface area contributed by atoms with Gasteiger partial charge in [-0.2, -0.15) is 0 Å². The van der Waals surface area contributed by atoms with Crippen LogP contribution in [0.2, 0.25) is 0 Å². The van der Waals surface area contributed by atoms with E-state index in [0.29, 0.717) is 21.2 Å². The summed E-state index contributed by atoms with van der Waals surface area (Å²) in [5, 5.41) is 0.560. The zero-order valence-electron chi connectivity index (χ0n) is 9.69. The van der Waals surface area contributed by atoms with Gasteiger partial charge in [0.25, 0.3) is 0 Å². The average Bonchev–Trinajstić information content (AvgIpc) is 2.39. The summed E-state index contributed by atoms with van der Waals surface area (Å²) in [5.74, 6) is 0. The molecule has 0 unspecified atom stereocenters. The summed E-state index contributed by atoms with van der Waals surface area (Å²) < 4.78 is 6.89. The molecule has 0 amide bonds. The highest BCUT2D eigenvalue weighted by atomic mass is 79.9. The van der Waals surface area contributed by atoms with Gasteiger partial charge in [-0.05, 0) is 49.6 Å². The van der Waals surface area contributed by atoms with Crippen LogP contribution in [0.25, 0.3) is 22.1 Å². The van der Waals surface area contributed by atoms with Crippen LogP contribution >= 0.6 is 31.9 Å². The van der Waals surface area contributed by atoms with Crippen molar-refractivity contribution < 1.29 is 4.42 Å². The van der Waals surface area contributed by atoms with Crippen molar-refractivity contribution in [3.05, 3.63) is 67.9 Å². The SMILES string of the molecule is O=c1c(-c2ccccc2)c(Br)oc2cccc(Br)c12. The Hall–Kier alpha value is -1.39. The van der Waals surface area contributed by atoms with E-state index in [-0.39, 0.29) is 5.43 Å². The van der Waals surface area contributed by atoms with Gasteiger partial charge < -0.3 is 4.42 Å².